The molecule has 4 aromatic carbocycles. The number of fused-ring (bicyclic) bond motifs is 2. The predicted molar refractivity (Wildman–Crippen MR) is 166 cm³/mol. The van der Waals surface area contributed by atoms with Crippen LogP contribution in [0.25, 0.3) is 21.5 Å². The van der Waals surface area contributed by atoms with Crippen molar-refractivity contribution in [1.82, 2.24) is 0 Å². The second kappa shape index (κ2) is 16.2. The van der Waals surface area contributed by atoms with Crippen molar-refractivity contribution in [3.05, 3.63) is 83.9 Å². The van der Waals surface area contributed by atoms with Gasteiger partial charge in [-0.3, -0.25) is 0 Å². The van der Waals surface area contributed by atoms with Crippen LogP contribution in [0.4, 0.5) is 0 Å². The first-order valence-electron chi connectivity index (χ1n) is 14.3. The zero-order valence-corrected chi connectivity index (χ0v) is 27.2. The van der Waals surface area contributed by atoms with E-state index in [4.69, 9.17) is 17.0 Å². The number of hydrogen-bond donors (Lipinski definition) is 0. The van der Waals surface area contributed by atoms with Crippen LogP contribution >= 0.6 is 17.0 Å². The molecule has 0 N–H and O–H groups in total. The molecule has 37 heavy (non-hydrogen) atoms. The Kier molecular flexibility index (Phi) is 13.4. The van der Waals surface area contributed by atoms with Gasteiger partial charge in [-0.05, 0) is 0 Å². The van der Waals surface area contributed by atoms with Crippen LogP contribution in [-0.2, 0) is 18.9 Å². The van der Waals surface area contributed by atoms with Crippen LogP contribution in [-0.4, -0.2) is 3.21 Å². The Balaban J connectivity index is 0.000000159. The molecule has 1 saturated carbocycles. The molecule has 1 aliphatic rings. The third-order valence-electron chi connectivity index (χ3n) is 7.66. The van der Waals surface area contributed by atoms with Gasteiger partial charge >= 0.3 is 71.2 Å². The molecule has 0 bridgehead atoms. The van der Waals surface area contributed by atoms with Crippen molar-refractivity contribution < 1.29 is 18.9 Å². The van der Waals surface area contributed by atoms with E-state index >= 15 is 0 Å². The Labute approximate surface area is 240 Å². The molecule has 3 heteroatoms. The topological polar surface area (TPSA) is 0 Å². The van der Waals surface area contributed by atoms with E-state index in [2.05, 4.69) is 100 Å². The molecule has 0 nitrogen and oxygen atoms in total. The number of hydrogen-bond acceptors (Lipinski definition) is 0. The second-order valence-electron chi connectivity index (χ2n) is 10.6. The molecule has 2 unspecified atom stereocenters. The van der Waals surface area contributed by atoms with Gasteiger partial charge in [0.2, 0.25) is 0 Å². The van der Waals surface area contributed by atoms with Crippen molar-refractivity contribution in [2.45, 2.75) is 97.3 Å². The molecule has 4 aromatic rings. The molecule has 0 amide bonds. The predicted octanol–water partition coefficient (Wildman–Crippen LogP) is 12.0. The normalized spacial score (nSPS) is 14.9. The average Bonchev–Trinajstić information content (AvgIpc) is 3.55. The molecule has 0 spiro atoms. The third kappa shape index (κ3) is 9.02. The molecule has 1 fully saturated rings. The first-order chi connectivity index (χ1) is 18.0. The summed E-state index contributed by atoms with van der Waals surface area (Å²) < 4.78 is 1.53. The molecule has 0 aliphatic heterocycles. The van der Waals surface area contributed by atoms with E-state index < -0.39 is 18.9 Å². The van der Waals surface area contributed by atoms with E-state index in [1.807, 2.05) is 0 Å². The maximum absolute atomic E-state index is 5.88. The van der Waals surface area contributed by atoms with E-state index in [1.54, 1.807) is 0 Å². The molecule has 200 valence electrons. The van der Waals surface area contributed by atoms with Crippen LogP contribution in [0.2, 0.25) is 0 Å². The van der Waals surface area contributed by atoms with Gasteiger partial charge in [0.1, 0.15) is 0 Å². The van der Waals surface area contributed by atoms with Crippen LogP contribution in [0.5, 0.6) is 0 Å². The Morgan fingerprint density at radius 3 is 1.51 bits per heavy atom. The summed E-state index contributed by atoms with van der Waals surface area (Å²) in [7, 11) is 11.8. The minimum absolute atomic E-state index is 0.694. The molecular weight excluding hydrogens is 571 g/mol. The summed E-state index contributed by atoms with van der Waals surface area (Å²) in [5.41, 5.74) is 3.03. The van der Waals surface area contributed by atoms with Crippen LogP contribution < -0.4 is 0 Å². The van der Waals surface area contributed by atoms with Gasteiger partial charge in [0.25, 0.3) is 0 Å². The van der Waals surface area contributed by atoms with Crippen molar-refractivity contribution in [2.24, 2.45) is 0 Å². The zero-order valence-electron chi connectivity index (χ0n) is 23.2. The molecule has 0 heterocycles. The quantitative estimate of drug-likeness (QED) is 0.190. The Morgan fingerprint density at radius 2 is 1.14 bits per heavy atom. The van der Waals surface area contributed by atoms with Gasteiger partial charge < -0.3 is 0 Å². The molecule has 0 radical (unpaired) electrons. The summed E-state index contributed by atoms with van der Waals surface area (Å²) in [5, 5.41) is 5.64. The Hall–Kier alpha value is -1.01. The summed E-state index contributed by atoms with van der Waals surface area (Å²) in [6, 6.07) is 26.4. The Morgan fingerprint density at radius 1 is 0.703 bits per heavy atom. The molecule has 5 rings (SSSR count). The summed E-state index contributed by atoms with van der Waals surface area (Å²) >= 11 is -1.88. The molecular formula is C34H44Cl2Zr-2. The van der Waals surface area contributed by atoms with Crippen molar-refractivity contribution in [3.8, 4) is 0 Å². The molecule has 0 saturated heterocycles. The van der Waals surface area contributed by atoms with Crippen LogP contribution in [0.1, 0.15) is 108 Å². The standard InChI is InChI=1S/2C14H17.C6H10.2ClH.Zr/c2*1-3-6-11(2)13-10-9-12-7-4-5-8-14(12)13;1-2-4-6-5-3-1;;;/h2*4-5,7-11H,3,6H2,1-2H3;1-5H2;2*1H;/q2*-1;;;;+2/p-2. The van der Waals surface area contributed by atoms with Crippen LogP contribution in [0.3, 0.4) is 0 Å². The van der Waals surface area contributed by atoms with Crippen molar-refractivity contribution in [2.75, 3.05) is 0 Å². The van der Waals surface area contributed by atoms with Gasteiger partial charge in [-0.25, -0.2) is 0 Å². The maximum atomic E-state index is 5.88. The first-order valence-corrected chi connectivity index (χ1v) is 21.8. The van der Waals surface area contributed by atoms with Gasteiger partial charge in [0.05, 0.1) is 0 Å². The van der Waals surface area contributed by atoms with E-state index in [0.717, 1.165) is 0 Å². The number of benzene rings is 2. The molecule has 2 atom stereocenters. The fourth-order valence-electron chi connectivity index (χ4n) is 5.55. The number of rotatable bonds is 6. The van der Waals surface area contributed by atoms with E-state index in [-0.39, 0.29) is 0 Å². The van der Waals surface area contributed by atoms with Crippen molar-refractivity contribution >= 4 is 41.8 Å². The van der Waals surface area contributed by atoms with E-state index in [9.17, 15) is 0 Å². The fourth-order valence-corrected chi connectivity index (χ4v) is 9.59. The molecule has 1 aliphatic carbocycles. The SMILES string of the molecule is CCCC(C)c1c[cH-]c2ccccc12.CCCC(C)c1c[cH-]c2ccccc12.[Cl][Zr]([Cl])=[C]1CCCCC1. The summed E-state index contributed by atoms with van der Waals surface area (Å²) in [4.78, 5) is 0. The second-order valence-corrected chi connectivity index (χ2v) is 19.2. The monoisotopic (exact) mass is 612 g/mol. The summed E-state index contributed by atoms with van der Waals surface area (Å²) in [6.45, 7) is 9.15. The van der Waals surface area contributed by atoms with Crippen LogP contribution in [0.15, 0.2) is 72.8 Å². The minimum atomic E-state index is -1.88. The Bertz CT molecular complexity index is 1150. The van der Waals surface area contributed by atoms with Crippen molar-refractivity contribution in [3.63, 3.8) is 0 Å². The average molecular weight is 615 g/mol. The van der Waals surface area contributed by atoms with Gasteiger partial charge in [-0.15, -0.1) is 82.2 Å². The van der Waals surface area contributed by atoms with Gasteiger partial charge in [0, 0.05) is 0 Å². The van der Waals surface area contributed by atoms with Gasteiger partial charge in [-0.2, -0.15) is 11.1 Å². The molecule has 0 aromatic heterocycles. The summed E-state index contributed by atoms with van der Waals surface area (Å²) in [5.74, 6) is 1.39. The third-order valence-corrected chi connectivity index (χ3v) is 13.4. The van der Waals surface area contributed by atoms with E-state index in [1.165, 1.54) is 93.7 Å². The first kappa shape index (κ1) is 30.5. The van der Waals surface area contributed by atoms with Gasteiger partial charge in [0.15, 0.2) is 0 Å². The van der Waals surface area contributed by atoms with E-state index in [0.29, 0.717) is 11.8 Å². The summed E-state index contributed by atoms with van der Waals surface area (Å²) in [6.07, 6.45) is 11.6. The zero-order chi connectivity index (χ0) is 26.6. The number of halogens is 2. The van der Waals surface area contributed by atoms with Crippen LogP contribution in [0, 0.1) is 0 Å². The van der Waals surface area contributed by atoms with Gasteiger partial charge in [-0.1, -0.05) is 77.3 Å². The fraction of sp³-hybridized carbons (Fsp3) is 0.441. The van der Waals surface area contributed by atoms with Crippen molar-refractivity contribution in [1.29, 1.82) is 0 Å².